The molecule has 0 aromatic carbocycles. The number of nitrogens with one attached hydrogen (secondary N) is 1. The Labute approximate surface area is 92.8 Å². The topological polar surface area (TPSA) is 77.3 Å². The number of hydrogen-bond donors (Lipinski definition) is 1. The summed E-state index contributed by atoms with van der Waals surface area (Å²) in [7, 11) is 0. The third-order valence-electron chi connectivity index (χ3n) is 2.52. The van der Waals surface area contributed by atoms with Crippen molar-refractivity contribution in [3.05, 3.63) is 28.6 Å². The quantitative estimate of drug-likeness (QED) is 0.611. The summed E-state index contributed by atoms with van der Waals surface area (Å²) in [5.74, 6) is 0.447. The van der Waals surface area contributed by atoms with Crippen molar-refractivity contribution in [2.24, 2.45) is 0 Å². The molecule has 6 nitrogen and oxygen atoms in total. The molecule has 1 aromatic heterocycles. The van der Waals surface area contributed by atoms with Crippen molar-refractivity contribution in [2.75, 3.05) is 13.2 Å². The minimum Gasteiger partial charge on any atom is -0.490 e. The number of nitro groups is 1. The summed E-state index contributed by atoms with van der Waals surface area (Å²) in [6.45, 7) is 1.55. The zero-order chi connectivity index (χ0) is 11.4. The Morgan fingerprint density at radius 2 is 2.50 bits per heavy atom. The average Bonchev–Trinajstić information content (AvgIpc) is 2.79. The molecular weight excluding hydrogens is 210 g/mol. The van der Waals surface area contributed by atoms with Crippen LogP contribution in [0.4, 0.5) is 5.69 Å². The molecule has 0 spiro atoms. The highest BCUT2D eigenvalue weighted by atomic mass is 16.6. The molecule has 1 fully saturated rings. The molecule has 0 amide bonds. The fraction of sp³-hybridized carbons (Fsp3) is 0.500. The molecule has 1 N–H and O–H groups in total. The summed E-state index contributed by atoms with van der Waals surface area (Å²) in [6, 6.07) is 1.74. The number of nitrogens with zero attached hydrogens (tertiary/aromatic N) is 2. The van der Waals surface area contributed by atoms with Crippen LogP contribution in [-0.4, -0.2) is 29.1 Å². The van der Waals surface area contributed by atoms with Crippen molar-refractivity contribution in [2.45, 2.75) is 18.9 Å². The average molecular weight is 223 g/mol. The lowest BCUT2D eigenvalue weighted by Gasteiger charge is -2.11. The molecule has 0 saturated carbocycles. The van der Waals surface area contributed by atoms with E-state index in [4.69, 9.17) is 4.74 Å². The van der Waals surface area contributed by atoms with Crippen LogP contribution < -0.4 is 10.1 Å². The first-order chi connectivity index (χ1) is 7.75. The number of aromatic nitrogens is 1. The SMILES string of the molecule is O=[N+]([O-])c1cncc(OCC2CCCN2)c1. The Bertz CT molecular complexity index is 377. The van der Waals surface area contributed by atoms with Crippen LogP contribution in [0.2, 0.25) is 0 Å². The zero-order valence-corrected chi connectivity index (χ0v) is 8.76. The maximum absolute atomic E-state index is 10.5. The lowest BCUT2D eigenvalue weighted by molar-refractivity contribution is -0.385. The van der Waals surface area contributed by atoms with Gasteiger partial charge < -0.3 is 10.1 Å². The second-order valence-electron chi connectivity index (χ2n) is 3.74. The highest BCUT2D eigenvalue weighted by Gasteiger charge is 2.15. The number of pyridine rings is 1. The fourth-order valence-corrected chi connectivity index (χ4v) is 1.68. The van der Waals surface area contributed by atoms with E-state index >= 15 is 0 Å². The molecule has 1 aromatic rings. The molecule has 86 valence electrons. The van der Waals surface area contributed by atoms with Crippen molar-refractivity contribution >= 4 is 5.69 Å². The summed E-state index contributed by atoms with van der Waals surface area (Å²) in [5, 5.41) is 13.8. The van der Waals surface area contributed by atoms with E-state index in [1.54, 1.807) is 0 Å². The first kappa shape index (κ1) is 10.8. The van der Waals surface area contributed by atoms with Gasteiger partial charge in [0.1, 0.15) is 18.6 Å². The second-order valence-corrected chi connectivity index (χ2v) is 3.74. The lowest BCUT2D eigenvalue weighted by Crippen LogP contribution is -2.28. The Morgan fingerprint density at radius 1 is 1.62 bits per heavy atom. The molecule has 2 rings (SSSR count). The van der Waals surface area contributed by atoms with E-state index in [2.05, 4.69) is 10.3 Å². The second kappa shape index (κ2) is 4.89. The number of ether oxygens (including phenoxy) is 1. The lowest BCUT2D eigenvalue weighted by atomic mass is 10.2. The summed E-state index contributed by atoms with van der Waals surface area (Å²) >= 11 is 0. The van der Waals surface area contributed by atoms with Crippen molar-refractivity contribution in [1.29, 1.82) is 0 Å². The predicted molar refractivity (Wildman–Crippen MR) is 57.4 cm³/mol. The van der Waals surface area contributed by atoms with Gasteiger partial charge in [0, 0.05) is 6.04 Å². The van der Waals surface area contributed by atoms with Gasteiger partial charge in [-0.2, -0.15) is 0 Å². The van der Waals surface area contributed by atoms with Gasteiger partial charge in [0.15, 0.2) is 0 Å². The highest BCUT2D eigenvalue weighted by molar-refractivity contribution is 5.33. The minimum atomic E-state index is -0.478. The van der Waals surface area contributed by atoms with E-state index in [-0.39, 0.29) is 5.69 Å². The van der Waals surface area contributed by atoms with Gasteiger partial charge in [0.05, 0.1) is 17.2 Å². The minimum absolute atomic E-state index is 0.0446. The van der Waals surface area contributed by atoms with E-state index in [0.29, 0.717) is 18.4 Å². The summed E-state index contributed by atoms with van der Waals surface area (Å²) in [5.41, 5.74) is -0.0446. The summed E-state index contributed by atoms with van der Waals surface area (Å²) in [4.78, 5) is 13.8. The van der Waals surface area contributed by atoms with Crippen LogP contribution in [0, 0.1) is 10.1 Å². The van der Waals surface area contributed by atoms with Gasteiger partial charge in [-0.25, -0.2) is 0 Å². The number of hydrogen-bond acceptors (Lipinski definition) is 5. The molecule has 1 saturated heterocycles. The number of rotatable bonds is 4. The van der Waals surface area contributed by atoms with Crippen LogP contribution >= 0.6 is 0 Å². The van der Waals surface area contributed by atoms with E-state index < -0.39 is 4.92 Å². The van der Waals surface area contributed by atoms with Crippen molar-refractivity contribution in [3.8, 4) is 5.75 Å². The normalized spacial score (nSPS) is 19.6. The Morgan fingerprint density at radius 3 is 3.19 bits per heavy atom. The molecule has 0 aliphatic carbocycles. The van der Waals surface area contributed by atoms with Crippen molar-refractivity contribution < 1.29 is 9.66 Å². The molecule has 1 unspecified atom stereocenters. The molecule has 1 aliphatic rings. The van der Waals surface area contributed by atoms with Crippen molar-refractivity contribution in [1.82, 2.24) is 10.3 Å². The van der Waals surface area contributed by atoms with Gasteiger partial charge in [-0.15, -0.1) is 0 Å². The monoisotopic (exact) mass is 223 g/mol. The third kappa shape index (κ3) is 2.66. The van der Waals surface area contributed by atoms with Gasteiger partial charge in [-0.05, 0) is 19.4 Å². The zero-order valence-electron chi connectivity index (χ0n) is 8.76. The smallest absolute Gasteiger partial charge is 0.291 e. The maximum atomic E-state index is 10.5. The van der Waals surface area contributed by atoms with Gasteiger partial charge in [-0.1, -0.05) is 0 Å². The molecule has 0 bridgehead atoms. The van der Waals surface area contributed by atoms with Crippen LogP contribution in [-0.2, 0) is 0 Å². The first-order valence-corrected chi connectivity index (χ1v) is 5.21. The van der Waals surface area contributed by atoms with Crippen LogP contribution in [0.1, 0.15) is 12.8 Å². The fourth-order valence-electron chi connectivity index (χ4n) is 1.68. The maximum Gasteiger partial charge on any atom is 0.291 e. The summed E-state index contributed by atoms with van der Waals surface area (Å²) < 4.78 is 5.45. The molecule has 1 aliphatic heterocycles. The van der Waals surface area contributed by atoms with E-state index in [1.165, 1.54) is 18.5 Å². The van der Waals surface area contributed by atoms with Crippen LogP contribution in [0.5, 0.6) is 5.75 Å². The van der Waals surface area contributed by atoms with Gasteiger partial charge in [0.25, 0.3) is 5.69 Å². The molecular formula is C10H13N3O3. The van der Waals surface area contributed by atoms with Crippen LogP contribution in [0.3, 0.4) is 0 Å². The standard InChI is InChI=1S/C10H13N3O3/c14-13(15)9-4-10(6-11-5-9)16-7-8-2-1-3-12-8/h4-6,8,12H,1-3,7H2. The third-order valence-corrected chi connectivity index (χ3v) is 2.52. The Balaban J connectivity index is 1.93. The van der Waals surface area contributed by atoms with E-state index in [9.17, 15) is 10.1 Å². The molecule has 6 heteroatoms. The highest BCUT2D eigenvalue weighted by Crippen LogP contribution is 2.17. The molecule has 16 heavy (non-hydrogen) atoms. The summed E-state index contributed by atoms with van der Waals surface area (Å²) in [6.07, 6.45) is 4.94. The van der Waals surface area contributed by atoms with Gasteiger partial charge in [-0.3, -0.25) is 15.1 Å². The molecule has 1 atom stereocenters. The first-order valence-electron chi connectivity index (χ1n) is 5.21. The molecule has 0 radical (unpaired) electrons. The van der Waals surface area contributed by atoms with Gasteiger partial charge >= 0.3 is 0 Å². The van der Waals surface area contributed by atoms with Crippen LogP contribution in [0.15, 0.2) is 18.5 Å². The molecule has 2 heterocycles. The van der Waals surface area contributed by atoms with Gasteiger partial charge in [0.2, 0.25) is 0 Å². The van der Waals surface area contributed by atoms with Crippen LogP contribution in [0.25, 0.3) is 0 Å². The largest absolute Gasteiger partial charge is 0.490 e. The van der Waals surface area contributed by atoms with E-state index in [0.717, 1.165) is 19.4 Å². The van der Waals surface area contributed by atoms with Crippen molar-refractivity contribution in [3.63, 3.8) is 0 Å². The Kier molecular flexibility index (Phi) is 3.31. The Hall–Kier alpha value is -1.69. The predicted octanol–water partition coefficient (Wildman–Crippen LogP) is 1.12. The van der Waals surface area contributed by atoms with E-state index in [1.807, 2.05) is 0 Å².